The number of aromatic nitrogens is 2. The third kappa shape index (κ3) is 2.67. The van der Waals surface area contributed by atoms with E-state index in [4.69, 9.17) is 4.52 Å². The van der Waals surface area contributed by atoms with Crippen molar-refractivity contribution < 1.29 is 4.52 Å². The van der Waals surface area contributed by atoms with E-state index in [0.29, 0.717) is 18.3 Å². The van der Waals surface area contributed by atoms with Crippen LogP contribution in [0, 0.1) is 6.92 Å². The molecule has 0 unspecified atom stereocenters. The molecule has 0 aliphatic heterocycles. The van der Waals surface area contributed by atoms with Crippen molar-refractivity contribution in [1.29, 1.82) is 0 Å². The van der Waals surface area contributed by atoms with E-state index in [1.807, 2.05) is 6.92 Å². The van der Waals surface area contributed by atoms with E-state index in [1.54, 1.807) is 0 Å². The molecule has 0 aliphatic rings. The van der Waals surface area contributed by atoms with Crippen molar-refractivity contribution in [2.45, 2.75) is 26.8 Å². The summed E-state index contributed by atoms with van der Waals surface area (Å²) in [6.45, 7) is 5.59. The van der Waals surface area contributed by atoms with Crippen molar-refractivity contribution in [1.82, 2.24) is 15.5 Å². The SMILES string of the molecule is CCCNCc1nc(C)no1. The first-order valence-corrected chi connectivity index (χ1v) is 3.83. The minimum atomic E-state index is 0.663. The first-order valence-electron chi connectivity index (χ1n) is 3.83. The number of nitrogens with one attached hydrogen (secondary N) is 1. The zero-order chi connectivity index (χ0) is 8.10. The predicted octanol–water partition coefficient (Wildman–Crippen LogP) is 0.878. The molecule has 4 nitrogen and oxygen atoms in total. The van der Waals surface area contributed by atoms with Crippen molar-refractivity contribution in [2.75, 3.05) is 6.54 Å². The van der Waals surface area contributed by atoms with Crippen LogP contribution >= 0.6 is 0 Å². The highest BCUT2D eigenvalue weighted by atomic mass is 16.5. The summed E-state index contributed by atoms with van der Waals surface area (Å²) in [6, 6.07) is 0. The highest BCUT2D eigenvalue weighted by Gasteiger charge is 1.99. The molecular weight excluding hydrogens is 142 g/mol. The Bertz CT molecular complexity index is 209. The van der Waals surface area contributed by atoms with Crippen molar-refractivity contribution in [3.8, 4) is 0 Å². The molecule has 1 N–H and O–H groups in total. The highest BCUT2D eigenvalue weighted by Crippen LogP contribution is 1.93. The molecule has 0 saturated carbocycles. The lowest BCUT2D eigenvalue weighted by Crippen LogP contribution is -2.13. The molecule has 0 radical (unpaired) electrons. The molecule has 0 spiro atoms. The van der Waals surface area contributed by atoms with Gasteiger partial charge in [-0.15, -0.1) is 0 Å². The third-order valence-electron chi connectivity index (χ3n) is 1.27. The van der Waals surface area contributed by atoms with Gasteiger partial charge in [-0.05, 0) is 19.9 Å². The van der Waals surface area contributed by atoms with Crippen molar-refractivity contribution in [3.63, 3.8) is 0 Å². The van der Waals surface area contributed by atoms with Crippen LogP contribution < -0.4 is 5.32 Å². The lowest BCUT2D eigenvalue weighted by atomic mass is 10.5. The number of hydrogen-bond acceptors (Lipinski definition) is 4. The molecule has 0 bridgehead atoms. The van der Waals surface area contributed by atoms with E-state index in [2.05, 4.69) is 22.4 Å². The fraction of sp³-hybridized carbons (Fsp3) is 0.714. The molecule has 1 aromatic heterocycles. The number of rotatable bonds is 4. The van der Waals surface area contributed by atoms with Gasteiger partial charge in [0.2, 0.25) is 5.89 Å². The first kappa shape index (κ1) is 8.20. The van der Waals surface area contributed by atoms with Gasteiger partial charge < -0.3 is 9.84 Å². The molecule has 62 valence electrons. The van der Waals surface area contributed by atoms with Crippen LogP contribution in [-0.2, 0) is 6.54 Å². The number of aryl methyl sites for hydroxylation is 1. The van der Waals surface area contributed by atoms with Gasteiger partial charge >= 0.3 is 0 Å². The number of nitrogens with zero attached hydrogens (tertiary/aromatic N) is 2. The van der Waals surface area contributed by atoms with Crippen molar-refractivity contribution in [3.05, 3.63) is 11.7 Å². The van der Waals surface area contributed by atoms with Crippen molar-refractivity contribution >= 4 is 0 Å². The topological polar surface area (TPSA) is 51.0 Å². The standard InChI is InChI=1S/C7H13N3O/c1-3-4-8-5-7-9-6(2)10-11-7/h8H,3-5H2,1-2H3. The Morgan fingerprint density at radius 2 is 2.36 bits per heavy atom. The Morgan fingerprint density at radius 3 is 2.91 bits per heavy atom. The molecule has 11 heavy (non-hydrogen) atoms. The van der Waals surface area contributed by atoms with Gasteiger partial charge in [0.05, 0.1) is 6.54 Å². The number of hydrogen-bond donors (Lipinski definition) is 1. The Hall–Kier alpha value is -0.900. The summed E-state index contributed by atoms with van der Waals surface area (Å²) < 4.78 is 4.89. The molecule has 0 atom stereocenters. The van der Waals surface area contributed by atoms with E-state index < -0.39 is 0 Å². The van der Waals surface area contributed by atoms with E-state index in [-0.39, 0.29) is 0 Å². The van der Waals surface area contributed by atoms with Crippen LogP contribution in [0.5, 0.6) is 0 Å². The smallest absolute Gasteiger partial charge is 0.240 e. The Labute approximate surface area is 66.0 Å². The van der Waals surface area contributed by atoms with Gasteiger partial charge in [-0.25, -0.2) is 0 Å². The molecule has 0 saturated heterocycles. The van der Waals surface area contributed by atoms with Gasteiger partial charge in [0.15, 0.2) is 5.82 Å². The Balaban J connectivity index is 2.27. The lowest BCUT2D eigenvalue weighted by Gasteiger charge is -1.95. The second-order valence-electron chi connectivity index (χ2n) is 2.41. The zero-order valence-electron chi connectivity index (χ0n) is 6.92. The van der Waals surface area contributed by atoms with Gasteiger partial charge in [-0.3, -0.25) is 0 Å². The second-order valence-corrected chi connectivity index (χ2v) is 2.41. The van der Waals surface area contributed by atoms with Gasteiger partial charge in [0.1, 0.15) is 0 Å². The minimum absolute atomic E-state index is 0.663. The molecule has 0 fully saturated rings. The summed E-state index contributed by atoms with van der Waals surface area (Å²) >= 11 is 0. The second kappa shape index (κ2) is 4.08. The maximum absolute atomic E-state index is 4.89. The summed E-state index contributed by atoms with van der Waals surface area (Å²) in [7, 11) is 0. The van der Waals surface area contributed by atoms with E-state index >= 15 is 0 Å². The average Bonchev–Trinajstić information content (AvgIpc) is 2.37. The van der Waals surface area contributed by atoms with Crippen molar-refractivity contribution in [2.24, 2.45) is 0 Å². The highest BCUT2D eigenvalue weighted by molar-refractivity contribution is 4.81. The summed E-state index contributed by atoms with van der Waals surface area (Å²) in [5.74, 6) is 1.36. The molecule has 0 aromatic carbocycles. The van der Waals surface area contributed by atoms with Gasteiger partial charge in [0.25, 0.3) is 0 Å². The predicted molar refractivity (Wildman–Crippen MR) is 41.0 cm³/mol. The average molecular weight is 155 g/mol. The fourth-order valence-electron chi connectivity index (χ4n) is 0.784. The monoisotopic (exact) mass is 155 g/mol. The molecule has 1 heterocycles. The van der Waals surface area contributed by atoms with Crippen LogP contribution in [-0.4, -0.2) is 16.7 Å². The molecule has 0 amide bonds. The summed E-state index contributed by atoms with van der Waals surface area (Å²) in [6.07, 6.45) is 1.12. The molecule has 0 aliphatic carbocycles. The van der Waals surface area contributed by atoms with Crippen LogP contribution in [0.15, 0.2) is 4.52 Å². The summed E-state index contributed by atoms with van der Waals surface area (Å²) in [4.78, 5) is 4.04. The van der Waals surface area contributed by atoms with Crippen LogP contribution in [0.1, 0.15) is 25.1 Å². The fourth-order valence-corrected chi connectivity index (χ4v) is 0.784. The normalized spacial score (nSPS) is 10.4. The van der Waals surface area contributed by atoms with Gasteiger partial charge in [-0.2, -0.15) is 4.98 Å². The van der Waals surface area contributed by atoms with Crippen LogP contribution in [0.3, 0.4) is 0 Å². The van der Waals surface area contributed by atoms with E-state index in [1.165, 1.54) is 0 Å². The quantitative estimate of drug-likeness (QED) is 0.656. The van der Waals surface area contributed by atoms with E-state index in [0.717, 1.165) is 13.0 Å². The molecule has 1 rings (SSSR count). The molecular formula is C7H13N3O. The maximum atomic E-state index is 4.89. The third-order valence-corrected chi connectivity index (χ3v) is 1.27. The Kier molecular flexibility index (Phi) is 3.04. The summed E-state index contributed by atoms with van der Waals surface area (Å²) in [5, 5.41) is 6.84. The zero-order valence-corrected chi connectivity index (χ0v) is 6.92. The van der Waals surface area contributed by atoms with Crippen LogP contribution in [0.2, 0.25) is 0 Å². The lowest BCUT2D eigenvalue weighted by molar-refractivity contribution is 0.364. The first-order chi connectivity index (χ1) is 5.33. The van der Waals surface area contributed by atoms with Crippen LogP contribution in [0.25, 0.3) is 0 Å². The summed E-state index contributed by atoms with van der Waals surface area (Å²) in [5.41, 5.74) is 0. The Morgan fingerprint density at radius 1 is 1.55 bits per heavy atom. The van der Waals surface area contributed by atoms with Crippen LogP contribution in [0.4, 0.5) is 0 Å². The molecule has 4 heteroatoms. The van der Waals surface area contributed by atoms with Gasteiger partial charge in [0, 0.05) is 0 Å². The maximum Gasteiger partial charge on any atom is 0.240 e. The van der Waals surface area contributed by atoms with Gasteiger partial charge in [-0.1, -0.05) is 12.1 Å². The minimum Gasteiger partial charge on any atom is -0.338 e. The van der Waals surface area contributed by atoms with E-state index in [9.17, 15) is 0 Å². The largest absolute Gasteiger partial charge is 0.338 e. The molecule has 1 aromatic rings.